The standard InChI is InChI=1S/C24H24N4O/c1-15-13-25-23(27-15)19-7-3-17(4-8-19)21-11-12-22(29-21)18-5-9-20(10-6-18)24-26-14-16(2)28-24/h3-12,15-16H,13-14H2,1-2H3,(H,25,27)(H,26,28). The van der Waals surface area contributed by atoms with Gasteiger partial charge in [0.15, 0.2) is 0 Å². The van der Waals surface area contributed by atoms with Gasteiger partial charge in [0, 0.05) is 34.3 Å². The number of amidine groups is 2. The van der Waals surface area contributed by atoms with Gasteiger partial charge < -0.3 is 15.1 Å². The molecule has 0 radical (unpaired) electrons. The molecule has 0 saturated heterocycles. The number of rotatable bonds is 4. The van der Waals surface area contributed by atoms with Crippen LogP contribution in [0.3, 0.4) is 0 Å². The molecule has 2 unspecified atom stereocenters. The maximum atomic E-state index is 6.13. The summed E-state index contributed by atoms with van der Waals surface area (Å²) in [4.78, 5) is 9.08. The lowest BCUT2D eigenvalue weighted by Crippen LogP contribution is -2.27. The van der Waals surface area contributed by atoms with Crippen molar-refractivity contribution >= 4 is 11.7 Å². The van der Waals surface area contributed by atoms with Gasteiger partial charge in [-0.05, 0) is 26.0 Å². The molecule has 5 nitrogen and oxygen atoms in total. The van der Waals surface area contributed by atoms with E-state index in [4.69, 9.17) is 4.42 Å². The van der Waals surface area contributed by atoms with E-state index in [1.807, 2.05) is 12.1 Å². The van der Waals surface area contributed by atoms with Crippen LogP contribution in [0.25, 0.3) is 22.6 Å². The number of hydrogen-bond donors (Lipinski definition) is 2. The zero-order chi connectivity index (χ0) is 19.8. The fourth-order valence-corrected chi connectivity index (χ4v) is 3.69. The first-order valence-electron chi connectivity index (χ1n) is 10.1. The fraction of sp³-hybridized carbons (Fsp3) is 0.250. The van der Waals surface area contributed by atoms with Gasteiger partial charge in [-0.25, -0.2) is 0 Å². The zero-order valence-electron chi connectivity index (χ0n) is 16.6. The van der Waals surface area contributed by atoms with Crippen molar-refractivity contribution in [1.82, 2.24) is 10.6 Å². The molecule has 0 aliphatic carbocycles. The number of nitrogens with zero attached hydrogens (tertiary/aromatic N) is 2. The van der Waals surface area contributed by atoms with Crippen molar-refractivity contribution < 1.29 is 4.42 Å². The Labute approximate surface area is 170 Å². The van der Waals surface area contributed by atoms with Gasteiger partial charge in [-0.3, -0.25) is 9.98 Å². The number of benzene rings is 2. The summed E-state index contributed by atoms with van der Waals surface area (Å²) in [7, 11) is 0. The molecule has 0 spiro atoms. The molecule has 2 atom stereocenters. The molecule has 5 rings (SSSR count). The lowest BCUT2D eigenvalue weighted by Gasteiger charge is -2.07. The highest BCUT2D eigenvalue weighted by Gasteiger charge is 2.16. The Morgan fingerprint density at radius 2 is 1.00 bits per heavy atom. The fourth-order valence-electron chi connectivity index (χ4n) is 3.69. The van der Waals surface area contributed by atoms with Crippen molar-refractivity contribution in [3.63, 3.8) is 0 Å². The van der Waals surface area contributed by atoms with Crippen molar-refractivity contribution in [3.8, 4) is 22.6 Å². The maximum absolute atomic E-state index is 6.13. The molecule has 1 aromatic heterocycles. The topological polar surface area (TPSA) is 61.9 Å². The quantitative estimate of drug-likeness (QED) is 0.712. The van der Waals surface area contributed by atoms with Crippen molar-refractivity contribution in [1.29, 1.82) is 0 Å². The smallest absolute Gasteiger partial charge is 0.134 e. The molecule has 2 aromatic carbocycles. The lowest BCUT2D eigenvalue weighted by atomic mass is 10.1. The van der Waals surface area contributed by atoms with Gasteiger partial charge in [0.1, 0.15) is 23.2 Å². The Hall–Kier alpha value is -3.34. The van der Waals surface area contributed by atoms with Gasteiger partial charge in [-0.2, -0.15) is 0 Å². The van der Waals surface area contributed by atoms with E-state index in [0.717, 1.165) is 58.5 Å². The van der Waals surface area contributed by atoms with Crippen molar-refractivity contribution in [3.05, 3.63) is 71.8 Å². The summed E-state index contributed by atoms with van der Waals surface area (Å²) >= 11 is 0. The average molecular weight is 384 g/mol. The van der Waals surface area contributed by atoms with Gasteiger partial charge in [0.05, 0.1) is 13.1 Å². The highest BCUT2D eigenvalue weighted by atomic mass is 16.3. The van der Waals surface area contributed by atoms with E-state index in [-0.39, 0.29) is 0 Å². The Morgan fingerprint density at radius 3 is 1.34 bits per heavy atom. The second kappa shape index (κ2) is 7.24. The molecule has 146 valence electrons. The summed E-state index contributed by atoms with van der Waals surface area (Å²) in [5.74, 6) is 3.67. The third kappa shape index (κ3) is 3.56. The highest BCUT2D eigenvalue weighted by molar-refractivity contribution is 6.01. The summed E-state index contributed by atoms with van der Waals surface area (Å²) < 4.78 is 6.13. The Bertz CT molecular complexity index is 991. The molecule has 0 fully saturated rings. The van der Waals surface area contributed by atoms with E-state index in [0.29, 0.717) is 12.1 Å². The first kappa shape index (κ1) is 17.7. The molecule has 2 aliphatic heterocycles. The van der Waals surface area contributed by atoms with Crippen molar-refractivity contribution in [2.24, 2.45) is 9.98 Å². The summed E-state index contributed by atoms with van der Waals surface area (Å²) in [6, 6.07) is 21.5. The predicted octanol–water partition coefficient (Wildman–Crippen LogP) is 4.09. The molecule has 0 bridgehead atoms. The van der Waals surface area contributed by atoms with Crippen LogP contribution in [-0.2, 0) is 0 Å². The molecule has 3 aromatic rings. The highest BCUT2D eigenvalue weighted by Crippen LogP contribution is 2.29. The zero-order valence-corrected chi connectivity index (χ0v) is 16.6. The van der Waals surface area contributed by atoms with Crippen LogP contribution in [0.5, 0.6) is 0 Å². The third-order valence-electron chi connectivity index (χ3n) is 5.30. The van der Waals surface area contributed by atoms with Crippen LogP contribution in [0.2, 0.25) is 0 Å². The molecule has 2 aliphatic rings. The van der Waals surface area contributed by atoms with E-state index in [1.54, 1.807) is 0 Å². The van der Waals surface area contributed by atoms with E-state index >= 15 is 0 Å². The second-order valence-corrected chi connectivity index (χ2v) is 7.79. The Kier molecular flexibility index (Phi) is 4.43. The van der Waals surface area contributed by atoms with E-state index < -0.39 is 0 Å². The molecular formula is C24H24N4O. The number of nitrogens with one attached hydrogen (secondary N) is 2. The van der Waals surface area contributed by atoms with Crippen LogP contribution in [0.4, 0.5) is 0 Å². The number of aliphatic imine (C=N–C) groups is 2. The minimum Gasteiger partial charge on any atom is -0.456 e. The first-order valence-corrected chi connectivity index (χ1v) is 10.1. The molecule has 3 heterocycles. The van der Waals surface area contributed by atoms with Gasteiger partial charge in [0.25, 0.3) is 0 Å². The first-order chi connectivity index (χ1) is 14.2. The van der Waals surface area contributed by atoms with Crippen molar-refractivity contribution in [2.45, 2.75) is 25.9 Å². The van der Waals surface area contributed by atoms with Crippen molar-refractivity contribution in [2.75, 3.05) is 13.1 Å². The van der Waals surface area contributed by atoms with Crippen LogP contribution >= 0.6 is 0 Å². The van der Waals surface area contributed by atoms with Gasteiger partial charge in [-0.1, -0.05) is 48.5 Å². The third-order valence-corrected chi connectivity index (χ3v) is 5.30. The van der Waals surface area contributed by atoms with Crippen LogP contribution in [0, 0.1) is 0 Å². The molecule has 2 N–H and O–H groups in total. The summed E-state index contributed by atoms with van der Waals surface area (Å²) in [5, 5.41) is 6.79. The largest absolute Gasteiger partial charge is 0.456 e. The maximum Gasteiger partial charge on any atom is 0.134 e. The SMILES string of the molecule is CC1CN=C(c2ccc(-c3ccc(-c4ccc(C5=NCC(C)N5)cc4)o3)cc2)N1. The van der Waals surface area contributed by atoms with Gasteiger partial charge in [0.2, 0.25) is 0 Å². The summed E-state index contributed by atoms with van der Waals surface area (Å²) in [5.41, 5.74) is 4.33. The van der Waals surface area contributed by atoms with Crippen LogP contribution in [0.15, 0.2) is 75.1 Å². The Morgan fingerprint density at radius 1 is 0.621 bits per heavy atom. The number of hydrogen-bond acceptors (Lipinski definition) is 5. The predicted molar refractivity (Wildman–Crippen MR) is 118 cm³/mol. The minimum absolute atomic E-state index is 0.406. The normalized spacial score (nSPS) is 20.8. The van der Waals surface area contributed by atoms with Crippen LogP contribution in [0.1, 0.15) is 25.0 Å². The molecule has 0 saturated carbocycles. The number of furan rings is 1. The molecule has 29 heavy (non-hydrogen) atoms. The molecule has 0 amide bonds. The summed E-state index contributed by atoms with van der Waals surface area (Å²) in [6.07, 6.45) is 0. The molecule has 5 heteroatoms. The monoisotopic (exact) mass is 384 g/mol. The van der Waals surface area contributed by atoms with Crippen LogP contribution in [-0.4, -0.2) is 36.8 Å². The Balaban J connectivity index is 1.33. The van der Waals surface area contributed by atoms with Gasteiger partial charge >= 0.3 is 0 Å². The van der Waals surface area contributed by atoms with E-state index in [1.165, 1.54) is 0 Å². The lowest BCUT2D eigenvalue weighted by molar-refractivity contribution is 0.597. The minimum atomic E-state index is 0.406. The molecular weight excluding hydrogens is 360 g/mol. The second-order valence-electron chi connectivity index (χ2n) is 7.79. The van der Waals surface area contributed by atoms with E-state index in [9.17, 15) is 0 Å². The summed E-state index contributed by atoms with van der Waals surface area (Å²) in [6.45, 7) is 5.94. The van der Waals surface area contributed by atoms with Gasteiger partial charge in [-0.15, -0.1) is 0 Å². The average Bonchev–Trinajstić information content (AvgIpc) is 3.49. The van der Waals surface area contributed by atoms with Crippen LogP contribution < -0.4 is 10.6 Å². The van der Waals surface area contributed by atoms with E-state index in [2.05, 4.69) is 83.0 Å².